The first-order valence-electron chi connectivity index (χ1n) is 16.3. The van der Waals surface area contributed by atoms with Gasteiger partial charge in [-0.1, -0.05) is 109 Å². The fraction of sp³-hybridized carbons (Fsp3) is 0.238. The second kappa shape index (κ2) is 8.83. The average Bonchev–Trinajstić information content (AvgIpc) is 3.35. The van der Waals surface area contributed by atoms with Gasteiger partial charge in [-0.25, -0.2) is 0 Å². The number of hydrogen-bond acceptors (Lipinski definition) is 1. The molecule has 5 aliphatic rings. The SMILES string of the molecule is c1ccc2c(c1)-c1c(N(c3cccc4ccccc34)c3cccc4ccccc34)cccc1C21C2CC3CC(C2)CC1C3. The van der Waals surface area contributed by atoms with Gasteiger partial charge in [0, 0.05) is 21.8 Å². The summed E-state index contributed by atoms with van der Waals surface area (Å²) in [6.45, 7) is 0. The Morgan fingerprint density at radius 1 is 0.442 bits per heavy atom. The third kappa shape index (κ3) is 3.18. The molecule has 4 bridgehead atoms. The molecule has 208 valence electrons. The molecule has 0 unspecified atom stereocenters. The Balaban J connectivity index is 1.30. The summed E-state index contributed by atoms with van der Waals surface area (Å²) in [4.78, 5) is 2.59. The fourth-order valence-electron chi connectivity index (χ4n) is 10.6. The lowest BCUT2D eigenvalue weighted by Gasteiger charge is -2.61. The topological polar surface area (TPSA) is 3.24 Å². The molecular weight excluding hydrogens is 518 g/mol. The molecule has 6 aromatic rings. The third-order valence-electron chi connectivity index (χ3n) is 11.8. The van der Waals surface area contributed by atoms with Crippen molar-refractivity contribution in [3.05, 3.63) is 139 Å². The van der Waals surface area contributed by atoms with Crippen molar-refractivity contribution in [1.29, 1.82) is 0 Å². The molecule has 0 atom stereocenters. The van der Waals surface area contributed by atoms with Crippen LogP contribution in [0, 0.1) is 23.7 Å². The molecule has 0 amide bonds. The highest BCUT2D eigenvalue weighted by Gasteiger charge is 2.61. The summed E-state index contributed by atoms with van der Waals surface area (Å²) in [6.07, 6.45) is 7.10. The summed E-state index contributed by atoms with van der Waals surface area (Å²) in [7, 11) is 0. The van der Waals surface area contributed by atoms with E-state index < -0.39 is 0 Å². The Morgan fingerprint density at radius 3 is 1.58 bits per heavy atom. The van der Waals surface area contributed by atoms with Crippen LogP contribution in [0.15, 0.2) is 127 Å². The first kappa shape index (κ1) is 24.1. The van der Waals surface area contributed by atoms with Gasteiger partial charge in [-0.2, -0.15) is 0 Å². The zero-order valence-electron chi connectivity index (χ0n) is 24.4. The minimum absolute atomic E-state index is 0.151. The van der Waals surface area contributed by atoms with Crippen molar-refractivity contribution in [2.24, 2.45) is 23.7 Å². The predicted octanol–water partition coefficient (Wildman–Crippen LogP) is 11.2. The Labute approximate surface area is 253 Å². The van der Waals surface area contributed by atoms with Gasteiger partial charge in [0.15, 0.2) is 0 Å². The Hall–Kier alpha value is -4.36. The number of rotatable bonds is 3. The van der Waals surface area contributed by atoms with Crippen molar-refractivity contribution in [1.82, 2.24) is 0 Å². The van der Waals surface area contributed by atoms with E-state index in [1.165, 1.54) is 81.8 Å². The van der Waals surface area contributed by atoms with E-state index in [0.29, 0.717) is 0 Å². The minimum Gasteiger partial charge on any atom is -0.309 e. The molecule has 1 heteroatoms. The van der Waals surface area contributed by atoms with Crippen LogP contribution in [0.5, 0.6) is 0 Å². The van der Waals surface area contributed by atoms with E-state index in [1.807, 2.05) is 0 Å². The fourth-order valence-corrected chi connectivity index (χ4v) is 10.6. The average molecular weight is 554 g/mol. The van der Waals surface area contributed by atoms with Gasteiger partial charge in [0.2, 0.25) is 0 Å². The Morgan fingerprint density at radius 2 is 0.930 bits per heavy atom. The molecule has 0 saturated heterocycles. The zero-order chi connectivity index (χ0) is 28.1. The Bertz CT molecular complexity index is 1950. The van der Waals surface area contributed by atoms with Crippen molar-refractivity contribution >= 4 is 38.6 Å². The molecule has 11 rings (SSSR count). The summed E-state index contributed by atoms with van der Waals surface area (Å²) in [6, 6.07) is 48.1. The number of nitrogens with zero attached hydrogens (tertiary/aromatic N) is 1. The first-order chi connectivity index (χ1) is 21.3. The lowest BCUT2D eigenvalue weighted by molar-refractivity contribution is -0.0399. The van der Waals surface area contributed by atoms with Crippen LogP contribution in [0.25, 0.3) is 32.7 Å². The molecule has 0 heterocycles. The van der Waals surface area contributed by atoms with Crippen molar-refractivity contribution in [2.75, 3.05) is 4.90 Å². The zero-order valence-corrected chi connectivity index (χ0v) is 24.4. The highest BCUT2D eigenvalue weighted by molar-refractivity contribution is 6.07. The summed E-state index contributed by atoms with van der Waals surface area (Å²) in [5.41, 5.74) is 10.1. The monoisotopic (exact) mass is 553 g/mol. The van der Waals surface area contributed by atoms with Crippen LogP contribution in [0.4, 0.5) is 17.1 Å². The molecule has 0 radical (unpaired) electrons. The number of hydrogen-bond donors (Lipinski definition) is 0. The predicted molar refractivity (Wildman–Crippen MR) is 179 cm³/mol. The highest BCUT2D eigenvalue weighted by Crippen LogP contribution is 2.70. The van der Waals surface area contributed by atoms with Gasteiger partial charge in [0.25, 0.3) is 0 Å². The summed E-state index contributed by atoms with van der Waals surface area (Å²) < 4.78 is 0. The first-order valence-corrected chi connectivity index (χ1v) is 16.3. The van der Waals surface area contributed by atoms with Gasteiger partial charge in [-0.3, -0.25) is 0 Å². The van der Waals surface area contributed by atoms with Gasteiger partial charge in [-0.05, 0) is 101 Å². The van der Waals surface area contributed by atoms with E-state index in [9.17, 15) is 0 Å². The maximum Gasteiger partial charge on any atom is 0.0543 e. The van der Waals surface area contributed by atoms with Crippen LogP contribution in [0.3, 0.4) is 0 Å². The van der Waals surface area contributed by atoms with E-state index >= 15 is 0 Å². The molecule has 0 N–H and O–H groups in total. The lowest BCUT2D eigenvalue weighted by atomic mass is 9.43. The van der Waals surface area contributed by atoms with Crippen molar-refractivity contribution in [3.8, 4) is 11.1 Å². The van der Waals surface area contributed by atoms with Crippen molar-refractivity contribution in [3.63, 3.8) is 0 Å². The van der Waals surface area contributed by atoms with E-state index in [0.717, 1.165) is 23.7 Å². The second-order valence-electron chi connectivity index (χ2n) is 13.8. The number of benzene rings is 6. The van der Waals surface area contributed by atoms with E-state index in [-0.39, 0.29) is 5.41 Å². The van der Waals surface area contributed by atoms with Crippen LogP contribution in [-0.2, 0) is 5.41 Å². The molecule has 5 aliphatic carbocycles. The van der Waals surface area contributed by atoms with Crippen LogP contribution in [0.2, 0.25) is 0 Å². The molecular formula is C42H35N. The Kier molecular flexibility index (Phi) is 4.95. The number of anilines is 3. The van der Waals surface area contributed by atoms with Gasteiger partial charge in [0.05, 0.1) is 17.1 Å². The van der Waals surface area contributed by atoms with E-state index in [2.05, 4.69) is 132 Å². The molecule has 1 nitrogen and oxygen atoms in total. The molecule has 43 heavy (non-hydrogen) atoms. The molecule has 0 aliphatic heterocycles. The molecule has 4 saturated carbocycles. The van der Waals surface area contributed by atoms with Gasteiger partial charge in [-0.15, -0.1) is 0 Å². The normalized spacial score (nSPS) is 26.2. The van der Waals surface area contributed by atoms with E-state index in [4.69, 9.17) is 0 Å². The lowest BCUT2D eigenvalue weighted by Crippen LogP contribution is -2.55. The van der Waals surface area contributed by atoms with Crippen LogP contribution in [0.1, 0.15) is 43.2 Å². The molecule has 6 aromatic carbocycles. The summed E-state index contributed by atoms with van der Waals surface area (Å²) >= 11 is 0. The smallest absolute Gasteiger partial charge is 0.0543 e. The van der Waals surface area contributed by atoms with Crippen LogP contribution < -0.4 is 4.90 Å². The van der Waals surface area contributed by atoms with Crippen molar-refractivity contribution in [2.45, 2.75) is 37.5 Å². The maximum atomic E-state index is 2.59. The van der Waals surface area contributed by atoms with Gasteiger partial charge < -0.3 is 4.90 Å². The number of fused-ring (bicyclic) bond motifs is 5. The molecule has 4 fully saturated rings. The third-order valence-corrected chi connectivity index (χ3v) is 11.8. The quantitative estimate of drug-likeness (QED) is 0.211. The van der Waals surface area contributed by atoms with Gasteiger partial charge in [0.1, 0.15) is 0 Å². The molecule has 1 spiro atoms. The van der Waals surface area contributed by atoms with Crippen LogP contribution in [-0.4, -0.2) is 0 Å². The maximum absolute atomic E-state index is 2.59. The molecule has 0 aromatic heterocycles. The van der Waals surface area contributed by atoms with Gasteiger partial charge >= 0.3 is 0 Å². The summed E-state index contributed by atoms with van der Waals surface area (Å²) in [5.74, 6) is 3.39. The van der Waals surface area contributed by atoms with Crippen molar-refractivity contribution < 1.29 is 0 Å². The largest absolute Gasteiger partial charge is 0.309 e. The second-order valence-corrected chi connectivity index (χ2v) is 13.8. The van der Waals surface area contributed by atoms with Crippen LogP contribution >= 0.6 is 0 Å². The minimum atomic E-state index is 0.151. The summed E-state index contributed by atoms with van der Waals surface area (Å²) in [5, 5.41) is 5.11. The standard InChI is InChI=1S/C42H35N/c1-3-14-33-29(10-1)12-7-19-38(33)43(39-20-8-13-30-11-2-4-15-34(30)39)40-21-9-18-37-41(40)35-16-5-6-17-36(35)42(37)31-23-27-22-28(25-31)26-32(42)24-27/h1-21,27-28,31-32H,22-26H2. The highest BCUT2D eigenvalue weighted by atomic mass is 15.1. The van der Waals surface area contributed by atoms with E-state index in [1.54, 1.807) is 11.1 Å².